The van der Waals surface area contributed by atoms with Crippen molar-refractivity contribution in [3.63, 3.8) is 0 Å². The molecule has 16 heteroatoms. The standard InChI is InChI=1S/C19H34N6O10/c26-5-1-20-14(30)10-24(11-15(31)21-2-6-27)18(34)9-19(35)25(12-16(32)22-3-7-28)13-17(33)23-4-8-29/h26-29H,1-13H2,(H,20,30)(H,21,31)(H,22,32)(H,23,33). The van der Waals surface area contributed by atoms with Crippen LogP contribution in [0.25, 0.3) is 0 Å². The lowest BCUT2D eigenvalue weighted by Crippen LogP contribution is -2.50. The zero-order valence-electron chi connectivity index (χ0n) is 19.3. The van der Waals surface area contributed by atoms with Gasteiger partial charge in [0.2, 0.25) is 35.4 Å². The molecule has 8 N–H and O–H groups in total. The molecule has 0 aliphatic heterocycles. The Morgan fingerprint density at radius 3 is 0.886 bits per heavy atom. The number of hydrogen-bond acceptors (Lipinski definition) is 10. The fourth-order valence-electron chi connectivity index (χ4n) is 2.52. The molecule has 0 aromatic carbocycles. The highest BCUT2D eigenvalue weighted by molar-refractivity contribution is 6.01. The van der Waals surface area contributed by atoms with Gasteiger partial charge < -0.3 is 51.5 Å². The number of nitrogens with one attached hydrogen (secondary N) is 4. The topological polar surface area (TPSA) is 238 Å². The van der Waals surface area contributed by atoms with Gasteiger partial charge in [-0.3, -0.25) is 28.8 Å². The second kappa shape index (κ2) is 19.0. The van der Waals surface area contributed by atoms with E-state index in [9.17, 15) is 28.8 Å². The summed E-state index contributed by atoms with van der Waals surface area (Å²) < 4.78 is 0. The molecule has 6 amide bonds. The summed E-state index contributed by atoms with van der Waals surface area (Å²) in [7, 11) is 0. The first-order valence-electron chi connectivity index (χ1n) is 10.7. The Balaban J connectivity index is 5.42. The van der Waals surface area contributed by atoms with Crippen molar-refractivity contribution in [2.45, 2.75) is 6.42 Å². The van der Waals surface area contributed by atoms with Crippen LogP contribution in [0.3, 0.4) is 0 Å². The van der Waals surface area contributed by atoms with E-state index in [1.54, 1.807) is 0 Å². The van der Waals surface area contributed by atoms with E-state index in [2.05, 4.69) is 21.3 Å². The van der Waals surface area contributed by atoms with Crippen LogP contribution in [0.2, 0.25) is 0 Å². The van der Waals surface area contributed by atoms with Crippen LogP contribution in [0.1, 0.15) is 6.42 Å². The highest BCUT2D eigenvalue weighted by Crippen LogP contribution is 2.01. The Morgan fingerprint density at radius 1 is 0.457 bits per heavy atom. The third-order valence-corrected chi connectivity index (χ3v) is 4.08. The molecule has 0 unspecified atom stereocenters. The molecule has 0 heterocycles. The second-order valence-corrected chi connectivity index (χ2v) is 6.97. The van der Waals surface area contributed by atoms with Crippen molar-refractivity contribution in [3.8, 4) is 0 Å². The van der Waals surface area contributed by atoms with Gasteiger partial charge in [0, 0.05) is 26.2 Å². The lowest BCUT2D eigenvalue weighted by atomic mass is 10.2. The minimum absolute atomic E-state index is 0.101. The van der Waals surface area contributed by atoms with Gasteiger partial charge in [0.15, 0.2) is 0 Å². The number of carbonyl (C=O) groups excluding carboxylic acids is 6. The van der Waals surface area contributed by atoms with E-state index >= 15 is 0 Å². The van der Waals surface area contributed by atoms with Crippen LogP contribution < -0.4 is 21.3 Å². The molecule has 0 saturated carbocycles. The van der Waals surface area contributed by atoms with Gasteiger partial charge in [0.05, 0.1) is 26.4 Å². The summed E-state index contributed by atoms with van der Waals surface area (Å²) >= 11 is 0. The van der Waals surface area contributed by atoms with Gasteiger partial charge in [-0.05, 0) is 0 Å². The van der Waals surface area contributed by atoms with Crippen molar-refractivity contribution >= 4 is 35.4 Å². The molecule has 0 spiro atoms. The van der Waals surface area contributed by atoms with E-state index in [1.807, 2.05) is 0 Å². The minimum Gasteiger partial charge on any atom is -0.395 e. The van der Waals surface area contributed by atoms with Crippen LogP contribution in [0, 0.1) is 0 Å². The molecule has 0 aromatic heterocycles. The van der Waals surface area contributed by atoms with Crippen molar-refractivity contribution in [2.75, 3.05) is 78.8 Å². The van der Waals surface area contributed by atoms with Gasteiger partial charge in [-0.15, -0.1) is 0 Å². The van der Waals surface area contributed by atoms with Crippen molar-refractivity contribution in [1.29, 1.82) is 0 Å². The number of rotatable bonds is 18. The first kappa shape index (κ1) is 31.7. The van der Waals surface area contributed by atoms with E-state index in [0.717, 1.165) is 9.80 Å². The van der Waals surface area contributed by atoms with Crippen molar-refractivity contribution in [1.82, 2.24) is 31.1 Å². The van der Waals surface area contributed by atoms with Gasteiger partial charge in [0.25, 0.3) is 0 Å². The van der Waals surface area contributed by atoms with Crippen LogP contribution >= 0.6 is 0 Å². The molecular weight excluding hydrogens is 472 g/mol. The number of amides is 6. The Labute approximate surface area is 201 Å². The number of nitrogens with zero attached hydrogens (tertiary/aromatic N) is 2. The molecule has 0 aromatic rings. The first-order valence-corrected chi connectivity index (χ1v) is 10.7. The van der Waals surface area contributed by atoms with E-state index in [1.165, 1.54) is 0 Å². The van der Waals surface area contributed by atoms with Gasteiger partial charge in [-0.2, -0.15) is 0 Å². The molecule has 35 heavy (non-hydrogen) atoms. The summed E-state index contributed by atoms with van der Waals surface area (Å²) in [6.07, 6.45) is -0.888. The number of aliphatic hydroxyl groups is 4. The summed E-state index contributed by atoms with van der Waals surface area (Å²) in [6, 6.07) is 0. The SMILES string of the molecule is O=C(CN(CC(=O)NCCO)C(=O)CC(=O)N(CC(=O)NCCO)CC(=O)NCCO)NCCO. The summed E-state index contributed by atoms with van der Waals surface area (Å²) in [4.78, 5) is 75.0. The highest BCUT2D eigenvalue weighted by atomic mass is 16.3. The van der Waals surface area contributed by atoms with Crippen LogP contribution in [-0.4, -0.2) is 144 Å². The summed E-state index contributed by atoms with van der Waals surface area (Å²) in [5.41, 5.74) is 0. The normalized spacial score (nSPS) is 10.2. The monoisotopic (exact) mass is 506 g/mol. The lowest BCUT2D eigenvalue weighted by Gasteiger charge is -2.25. The van der Waals surface area contributed by atoms with E-state index < -0.39 is 68.0 Å². The predicted molar refractivity (Wildman–Crippen MR) is 118 cm³/mol. The molecule has 0 aliphatic rings. The van der Waals surface area contributed by atoms with Crippen molar-refractivity contribution in [3.05, 3.63) is 0 Å². The summed E-state index contributed by atoms with van der Waals surface area (Å²) in [5.74, 6) is -4.75. The first-order chi connectivity index (χ1) is 16.7. The fourth-order valence-corrected chi connectivity index (χ4v) is 2.52. The van der Waals surface area contributed by atoms with Crippen molar-refractivity contribution in [2.24, 2.45) is 0 Å². The van der Waals surface area contributed by atoms with Gasteiger partial charge in [0.1, 0.15) is 32.6 Å². The minimum atomic E-state index is -0.954. The Bertz CT molecular complexity index is 618. The van der Waals surface area contributed by atoms with E-state index in [4.69, 9.17) is 20.4 Å². The third kappa shape index (κ3) is 15.2. The zero-order chi connectivity index (χ0) is 26.6. The molecule has 0 bridgehead atoms. The van der Waals surface area contributed by atoms with Crippen molar-refractivity contribution < 1.29 is 49.2 Å². The molecule has 200 valence electrons. The van der Waals surface area contributed by atoms with Crippen LogP contribution in [0.15, 0.2) is 0 Å². The maximum Gasteiger partial charge on any atom is 0.239 e. The van der Waals surface area contributed by atoms with E-state index in [0.29, 0.717) is 0 Å². The van der Waals surface area contributed by atoms with E-state index in [-0.39, 0.29) is 52.6 Å². The molecule has 0 saturated heterocycles. The molecular formula is C19H34N6O10. The molecule has 16 nitrogen and oxygen atoms in total. The maximum absolute atomic E-state index is 12.7. The largest absolute Gasteiger partial charge is 0.395 e. The lowest BCUT2D eigenvalue weighted by molar-refractivity contribution is -0.147. The van der Waals surface area contributed by atoms with Gasteiger partial charge >= 0.3 is 0 Å². The van der Waals surface area contributed by atoms with Crippen LogP contribution in [-0.2, 0) is 28.8 Å². The number of aliphatic hydroxyl groups excluding tert-OH is 4. The second-order valence-electron chi connectivity index (χ2n) is 6.97. The van der Waals surface area contributed by atoms with Gasteiger partial charge in [-0.25, -0.2) is 0 Å². The van der Waals surface area contributed by atoms with Crippen LogP contribution in [0.4, 0.5) is 0 Å². The quantitative estimate of drug-likeness (QED) is 0.0818. The summed E-state index contributed by atoms with van der Waals surface area (Å²) in [5, 5.41) is 44.4. The smallest absolute Gasteiger partial charge is 0.239 e. The number of hydrogen-bond donors (Lipinski definition) is 8. The number of carbonyl (C=O) groups is 6. The Hall–Kier alpha value is -3.34. The zero-order valence-corrected chi connectivity index (χ0v) is 19.3. The summed E-state index contributed by atoms with van der Waals surface area (Å²) in [6.45, 7) is -4.32. The fraction of sp³-hybridized carbons (Fsp3) is 0.684. The van der Waals surface area contributed by atoms with Gasteiger partial charge in [-0.1, -0.05) is 0 Å². The molecule has 0 atom stereocenters. The molecule has 0 fully saturated rings. The molecule has 0 aliphatic carbocycles. The Morgan fingerprint density at radius 2 is 0.686 bits per heavy atom. The highest BCUT2D eigenvalue weighted by Gasteiger charge is 2.27. The Kier molecular flexibility index (Phi) is 17.2. The third-order valence-electron chi connectivity index (χ3n) is 4.08. The maximum atomic E-state index is 12.7. The van der Waals surface area contributed by atoms with Crippen LogP contribution in [0.5, 0.6) is 0 Å². The molecule has 0 rings (SSSR count). The molecule has 0 radical (unpaired) electrons. The average molecular weight is 507 g/mol. The average Bonchev–Trinajstić information content (AvgIpc) is 2.82. The predicted octanol–water partition coefficient (Wildman–Crippen LogP) is -6.53.